The first-order valence-corrected chi connectivity index (χ1v) is 7.43. The highest BCUT2D eigenvalue weighted by molar-refractivity contribution is 7.89. The Labute approximate surface area is 123 Å². The van der Waals surface area contributed by atoms with Crippen LogP contribution < -0.4 is 4.74 Å². The van der Waals surface area contributed by atoms with Crippen LogP contribution in [0.15, 0.2) is 29.2 Å². The molecular weight excluding hydrogens is 298 g/mol. The van der Waals surface area contributed by atoms with Gasteiger partial charge in [0.1, 0.15) is 10.6 Å². The maximum atomic E-state index is 12.4. The van der Waals surface area contributed by atoms with Crippen molar-refractivity contribution in [1.29, 1.82) is 0 Å². The van der Waals surface area contributed by atoms with Crippen molar-refractivity contribution in [2.45, 2.75) is 4.90 Å². The summed E-state index contributed by atoms with van der Waals surface area (Å²) in [7, 11) is -1.16. The summed E-state index contributed by atoms with van der Waals surface area (Å²) in [6, 6.07) is 4.31. The van der Waals surface area contributed by atoms with Gasteiger partial charge in [-0.2, -0.15) is 4.31 Å². The summed E-state index contributed by atoms with van der Waals surface area (Å²) in [5, 5.41) is 17.5. The maximum absolute atomic E-state index is 12.4. The number of likely N-dealkylation sites (N-methyl/N-ethyl adjacent to an activating group) is 1. The quantitative estimate of drug-likeness (QED) is 0.706. The molecule has 0 radical (unpaired) electrons. The molecule has 0 atom stereocenters. The number of nitrogens with zero attached hydrogens (tertiary/aromatic N) is 1. The van der Waals surface area contributed by atoms with Gasteiger partial charge in [0.15, 0.2) is 0 Å². The Morgan fingerprint density at radius 2 is 2.10 bits per heavy atom. The fraction of sp³-hybridized carbons (Fsp3) is 0.308. The SMILES string of the molecule is COc1ccc(C=CC(=O)O)cc1S(=O)(=O)N(C)CCO. The van der Waals surface area contributed by atoms with Crippen molar-refractivity contribution >= 4 is 22.1 Å². The Balaban J connectivity index is 3.32. The first-order valence-electron chi connectivity index (χ1n) is 5.99. The van der Waals surface area contributed by atoms with Gasteiger partial charge in [0, 0.05) is 19.7 Å². The zero-order chi connectivity index (χ0) is 16.0. The van der Waals surface area contributed by atoms with Crippen molar-refractivity contribution < 1.29 is 28.2 Å². The van der Waals surface area contributed by atoms with Crippen molar-refractivity contribution in [1.82, 2.24) is 4.31 Å². The van der Waals surface area contributed by atoms with E-state index in [9.17, 15) is 13.2 Å². The molecule has 116 valence electrons. The summed E-state index contributed by atoms with van der Waals surface area (Å²) in [4.78, 5) is 10.4. The molecule has 0 bridgehead atoms. The topological polar surface area (TPSA) is 104 Å². The van der Waals surface area contributed by atoms with E-state index < -0.39 is 16.0 Å². The fourth-order valence-corrected chi connectivity index (χ4v) is 2.94. The number of rotatable bonds is 7. The molecule has 0 aliphatic rings. The number of hydrogen-bond donors (Lipinski definition) is 2. The number of sulfonamides is 1. The summed E-state index contributed by atoms with van der Waals surface area (Å²) in [5.41, 5.74) is 0.411. The first kappa shape index (κ1) is 17.2. The van der Waals surface area contributed by atoms with Crippen molar-refractivity contribution in [2.24, 2.45) is 0 Å². The van der Waals surface area contributed by atoms with Crippen molar-refractivity contribution in [3.8, 4) is 5.75 Å². The van der Waals surface area contributed by atoms with Crippen molar-refractivity contribution in [3.63, 3.8) is 0 Å². The second-order valence-corrected chi connectivity index (χ2v) is 6.15. The molecule has 0 saturated heterocycles. The summed E-state index contributed by atoms with van der Waals surface area (Å²) in [6.07, 6.45) is 2.20. The standard InChI is InChI=1S/C13H17NO6S/c1-14(7-8-15)21(18,19)12-9-10(4-6-13(16)17)3-5-11(12)20-2/h3-6,9,15H,7-8H2,1-2H3,(H,16,17). The summed E-state index contributed by atoms with van der Waals surface area (Å²) in [5.74, 6) is -0.986. The van der Waals surface area contributed by atoms with Crippen LogP contribution in [-0.4, -0.2) is 56.2 Å². The minimum atomic E-state index is -3.84. The van der Waals surface area contributed by atoms with Crippen LogP contribution in [0.2, 0.25) is 0 Å². The highest BCUT2D eigenvalue weighted by Crippen LogP contribution is 2.27. The van der Waals surface area contributed by atoms with E-state index in [4.69, 9.17) is 14.9 Å². The van der Waals surface area contributed by atoms with Crippen LogP contribution in [0, 0.1) is 0 Å². The zero-order valence-electron chi connectivity index (χ0n) is 11.7. The van der Waals surface area contributed by atoms with E-state index in [1.54, 1.807) is 6.07 Å². The van der Waals surface area contributed by atoms with Crippen LogP contribution in [0.4, 0.5) is 0 Å². The van der Waals surface area contributed by atoms with Crippen LogP contribution in [0.1, 0.15) is 5.56 Å². The summed E-state index contributed by atoms with van der Waals surface area (Å²) in [6.45, 7) is -0.364. The molecule has 0 heterocycles. The average molecular weight is 315 g/mol. The third kappa shape index (κ3) is 4.28. The van der Waals surface area contributed by atoms with Gasteiger partial charge in [-0.05, 0) is 23.8 Å². The normalized spacial score (nSPS) is 12.0. The molecule has 21 heavy (non-hydrogen) atoms. The third-order valence-electron chi connectivity index (χ3n) is 2.71. The lowest BCUT2D eigenvalue weighted by Gasteiger charge is -2.18. The largest absolute Gasteiger partial charge is 0.495 e. The number of methoxy groups -OCH3 is 1. The van der Waals surface area contributed by atoms with Crippen LogP contribution in [-0.2, 0) is 14.8 Å². The number of carboxylic acid groups (broad SMARTS) is 1. The van der Waals surface area contributed by atoms with E-state index in [2.05, 4.69) is 0 Å². The molecule has 0 unspecified atom stereocenters. The van der Waals surface area contributed by atoms with E-state index in [0.717, 1.165) is 10.4 Å². The number of hydrogen-bond acceptors (Lipinski definition) is 5. The maximum Gasteiger partial charge on any atom is 0.328 e. The molecule has 0 spiro atoms. The molecule has 8 heteroatoms. The lowest BCUT2D eigenvalue weighted by Crippen LogP contribution is -2.30. The molecule has 7 nitrogen and oxygen atoms in total. The smallest absolute Gasteiger partial charge is 0.328 e. The number of aliphatic hydroxyl groups is 1. The monoisotopic (exact) mass is 315 g/mol. The predicted octanol–water partition coefficient (Wildman–Crippen LogP) is 0.406. The van der Waals surface area contributed by atoms with Gasteiger partial charge in [-0.15, -0.1) is 0 Å². The van der Waals surface area contributed by atoms with Gasteiger partial charge in [-0.1, -0.05) is 6.07 Å². The van der Waals surface area contributed by atoms with Crippen LogP contribution in [0.3, 0.4) is 0 Å². The Morgan fingerprint density at radius 1 is 1.43 bits per heavy atom. The average Bonchev–Trinajstić information content (AvgIpc) is 2.44. The third-order valence-corrected chi connectivity index (χ3v) is 4.59. The highest BCUT2D eigenvalue weighted by atomic mass is 32.2. The number of carboxylic acids is 1. The van der Waals surface area contributed by atoms with Crippen LogP contribution in [0.25, 0.3) is 6.08 Å². The van der Waals surface area contributed by atoms with Crippen LogP contribution >= 0.6 is 0 Å². The van der Waals surface area contributed by atoms with Gasteiger partial charge in [0.05, 0.1) is 13.7 Å². The van der Waals surface area contributed by atoms with Crippen LogP contribution in [0.5, 0.6) is 5.75 Å². The van der Waals surface area contributed by atoms with Gasteiger partial charge in [-0.25, -0.2) is 13.2 Å². The Bertz CT molecular complexity index is 638. The van der Waals surface area contributed by atoms with Gasteiger partial charge in [-0.3, -0.25) is 0 Å². The molecule has 0 aliphatic carbocycles. The van der Waals surface area contributed by atoms with Gasteiger partial charge in [0.2, 0.25) is 10.0 Å². The van der Waals surface area contributed by atoms with E-state index in [-0.39, 0.29) is 23.8 Å². The van der Waals surface area contributed by atoms with E-state index in [0.29, 0.717) is 5.56 Å². The number of ether oxygens (including phenoxy) is 1. The Hall–Kier alpha value is -1.90. The van der Waals surface area contributed by atoms with E-state index in [1.807, 2.05) is 0 Å². The Morgan fingerprint density at radius 3 is 2.62 bits per heavy atom. The second-order valence-electron chi connectivity index (χ2n) is 4.13. The molecular formula is C13H17NO6S. The minimum Gasteiger partial charge on any atom is -0.495 e. The molecule has 0 fully saturated rings. The molecule has 0 aromatic heterocycles. The number of aliphatic carboxylic acids is 1. The number of aliphatic hydroxyl groups excluding tert-OH is 1. The molecule has 2 N–H and O–H groups in total. The van der Waals surface area contributed by atoms with Gasteiger partial charge >= 0.3 is 5.97 Å². The summed E-state index contributed by atoms with van der Waals surface area (Å²) >= 11 is 0. The number of carbonyl (C=O) groups is 1. The molecule has 0 aliphatic heterocycles. The molecule has 1 aromatic carbocycles. The molecule has 1 rings (SSSR count). The van der Waals surface area contributed by atoms with Crippen molar-refractivity contribution in [2.75, 3.05) is 27.3 Å². The predicted molar refractivity (Wildman–Crippen MR) is 76.6 cm³/mol. The van der Waals surface area contributed by atoms with Gasteiger partial charge < -0.3 is 14.9 Å². The second kappa shape index (κ2) is 7.21. The van der Waals surface area contributed by atoms with Crippen molar-refractivity contribution in [3.05, 3.63) is 29.8 Å². The summed E-state index contributed by atoms with van der Waals surface area (Å²) < 4.78 is 30.8. The van der Waals surface area contributed by atoms with E-state index in [1.165, 1.54) is 32.4 Å². The van der Waals surface area contributed by atoms with E-state index >= 15 is 0 Å². The minimum absolute atomic E-state index is 0.0549. The Kier molecular flexibility index (Phi) is 5.89. The zero-order valence-corrected chi connectivity index (χ0v) is 12.5. The molecule has 0 amide bonds. The fourth-order valence-electron chi connectivity index (χ4n) is 1.59. The molecule has 0 saturated carbocycles. The first-order chi connectivity index (χ1) is 9.82. The molecule has 1 aromatic rings. The number of benzene rings is 1. The van der Waals surface area contributed by atoms with Gasteiger partial charge in [0.25, 0.3) is 0 Å². The highest BCUT2D eigenvalue weighted by Gasteiger charge is 2.24. The lowest BCUT2D eigenvalue weighted by molar-refractivity contribution is -0.131. The lowest BCUT2D eigenvalue weighted by atomic mass is 10.2.